The lowest BCUT2D eigenvalue weighted by Gasteiger charge is -2.40. The molecule has 79 heavy (non-hydrogen) atoms. The summed E-state index contributed by atoms with van der Waals surface area (Å²) in [5.41, 5.74) is 0. The molecule has 0 bridgehead atoms. The van der Waals surface area contributed by atoms with E-state index in [1.165, 1.54) is 103 Å². The Labute approximate surface area is 480 Å². The number of carboxylic acid groups (broad SMARTS) is 1. The second-order valence-corrected chi connectivity index (χ2v) is 21.7. The van der Waals surface area contributed by atoms with Gasteiger partial charge in [0.15, 0.2) is 24.6 Å². The predicted molar refractivity (Wildman–Crippen MR) is 322 cm³/mol. The molecule has 1 rings (SSSR count). The van der Waals surface area contributed by atoms with Crippen LogP contribution >= 0.6 is 0 Å². The summed E-state index contributed by atoms with van der Waals surface area (Å²) in [6.07, 6.45) is 57.2. The summed E-state index contributed by atoms with van der Waals surface area (Å²) in [5, 5.41) is 31.5. The lowest BCUT2D eigenvalue weighted by Crippen LogP contribution is -2.61. The fraction of sp³-hybridized carbons (Fsp3) is 0.761. The highest BCUT2D eigenvalue weighted by Gasteiger charge is 2.50. The molecule has 3 N–H and O–H groups in total. The Morgan fingerprint density at radius 1 is 0.430 bits per heavy atom. The quantitative estimate of drug-likeness (QED) is 0.0228. The topological polar surface area (TPSA) is 175 Å². The van der Waals surface area contributed by atoms with E-state index in [1.807, 2.05) is 0 Å². The van der Waals surface area contributed by atoms with Crippen molar-refractivity contribution in [3.05, 3.63) is 72.9 Å². The average Bonchev–Trinajstić information content (AvgIpc) is 3.46. The zero-order valence-corrected chi connectivity index (χ0v) is 50.1. The summed E-state index contributed by atoms with van der Waals surface area (Å²) in [4.78, 5) is 51.3. The van der Waals surface area contributed by atoms with Crippen molar-refractivity contribution in [1.29, 1.82) is 0 Å². The maximum Gasteiger partial charge on any atom is 0.335 e. The van der Waals surface area contributed by atoms with Crippen LogP contribution in [0.5, 0.6) is 0 Å². The molecule has 1 fully saturated rings. The molecule has 6 unspecified atom stereocenters. The van der Waals surface area contributed by atoms with Gasteiger partial charge >= 0.3 is 23.9 Å². The number of unbranched alkanes of at least 4 members (excludes halogenated alkanes) is 28. The minimum atomic E-state index is -1.91. The van der Waals surface area contributed by atoms with E-state index in [4.69, 9.17) is 23.7 Å². The van der Waals surface area contributed by atoms with Gasteiger partial charge in [0.2, 0.25) is 0 Å². The van der Waals surface area contributed by atoms with Crippen LogP contribution in [0.4, 0.5) is 0 Å². The van der Waals surface area contributed by atoms with E-state index in [2.05, 4.69) is 93.7 Å². The molecule has 0 saturated carbocycles. The van der Waals surface area contributed by atoms with Gasteiger partial charge in [0.05, 0.1) is 6.61 Å². The molecule has 0 spiro atoms. The van der Waals surface area contributed by atoms with E-state index in [0.717, 1.165) is 116 Å². The first-order valence-corrected chi connectivity index (χ1v) is 31.9. The van der Waals surface area contributed by atoms with Crippen molar-refractivity contribution in [1.82, 2.24) is 0 Å². The van der Waals surface area contributed by atoms with Crippen molar-refractivity contribution in [3.63, 3.8) is 0 Å². The van der Waals surface area contributed by atoms with Crippen LogP contribution in [0.25, 0.3) is 0 Å². The number of aliphatic carboxylic acids is 1. The van der Waals surface area contributed by atoms with Crippen LogP contribution in [-0.2, 0) is 42.9 Å². The standard InChI is InChI=1S/C67H114O12/c1-4-7-10-13-16-19-22-25-28-29-30-31-34-35-38-41-44-47-50-53-59(68)75-56-58(77-60(69)54-51-48-45-42-39-36-32-26-23-20-17-14-11-8-5-2)57-76-67-65(63(72)62(71)64(79-67)66(73)74)78-61(70)55-52-49-46-43-40-37-33-27-24-21-18-15-12-9-6-3/h8,11,17-18,20-21,25-28,32-33,58,62-65,67,71-72H,4-7,9-10,12-16,19,22-24,29-31,34-57H2,1-3H3,(H,73,74)/b11-8-,20-17-,21-18-,28-25-,32-26-,33-27-. The number of hydrogen-bond donors (Lipinski definition) is 3. The van der Waals surface area contributed by atoms with Gasteiger partial charge in [-0.25, -0.2) is 4.79 Å². The van der Waals surface area contributed by atoms with Gasteiger partial charge in [-0.3, -0.25) is 14.4 Å². The molecule has 1 saturated heterocycles. The first-order valence-electron chi connectivity index (χ1n) is 31.9. The van der Waals surface area contributed by atoms with Crippen LogP contribution in [0.2, 0.25) is 0 Å². The largest absolute Gasteiger partial charge is 0.479 e. The van der Waals surface area contributed by atoms with Crippen LogP contribution in [0, 0.1) is 0 Å². The molecular formula is C67H114O12. The Morgan fingerprint density at radius 2 is 0.797 bits per heavy atom. The number of hydrogen-bond acceptors (Lipinski definition) is 11. The van der Waals surface area contributed by atoms with Gasteiger partial charge in [-0.05, 0) is 109 Å². The van der Waals surface area contributed by atoms with Crippen LogP contribution in [0.15, 0.2) is 72.9 Å². The van der Waals surface area contributed by atoms with Gasteiger partial charge in [-0.2, -0.15) is 0 Å². The van der Waals surface area contributed by atoms with Gasteiger partial charge in [0, 0.05) is 19.3 Å². The fourth-order valence-corrected chi connectivity index (χ4v) is 9.35. The molecule has 6 atom stereocenters. The number of allylic oxidation sites excluding steroid dienone is 12. The number of aliphatic hydroxyl groups is 2. The highest BCUT2D eigenvalue weighted by Crippen LogP contribution is 2.26. The number of rotatable bonds is 54. The van der Waals surface area contributed by atoms with Crippen LogP contribution in [0.1, 0.15) is 278 Å². The zero-order valence-electron chi connectivity index (χ0n) is 50.1. The van der Waals surface area contributed by atoms with Gasteiger partial charge in [-0.1, -0.05) is 222 Å². The highest BCUT2D eigenvalue weighted by atomic mass is 16.7. The highest BCUT2D eigenvalue weighted by molar-refractivity contribution is 5.74. The van der Waals surface area contributed by atoms with Crippen LogP contribution in [0.3, 0.4) is 0 Å². The molecule has 0 aliphatic carbocycles. The van der Waals surface area contributed by atoms with Gasteiger partial charge in [-0.15, -0.1) is 0 Å². The summed E-state index contributed by atoms with van der Waals surface area (Å²) in [6, 6.07) is 0. The Hall–Kier alpha value is -3.84. The summed E-state index contributed by atoms with van der Waals surface area (Å²) in [6.45, 7) is 5.85. The molecule has 0 amide bonds. The van der Waals surface area contributed by atoms with Crippen molar-refractivity contribution >= 4 is 23.9 Å². The normalized spacial score (nSPS) is 18.3. The third kappa shape index (κ3) is 44.5. The minimum absolute atomic E-state index is 0.0409. The van der Waals surface area contributed by atoms with Crippen molar-refractivity contribution < 1.29 is 58.2 Å². The monoisotopic (exact) mass is 1110 g/mol. The Balaban J connectivity index is 2.67. The Kier molecular flexibility index (Phi) is 50.7. The third-order valence-corrected chi connectivity index (χ3v) is 14.2. The molecule has 0 aromatic carbocycles. The second kappa shape index (κ2) is 54.7. The van der Waals surface area contributed by atoms with E-state index in [-0.39, 0.29) is 25.9 Å². The second-order valence-electron chi connectivity index (χ2n) is 21.7. The lowest BCUT2D eigenvalue weighted by molar-refractivity contribution is -0.301. The van der Waals surface area contributed by atoms with E-state index in [9.17, 15) is 34.5 Å². The maximum absolute atomic E-state index is 13.2. The smallest absolute Gasteiger partial charge is 0.335 e. The minimum Gasteiger partial charge on any atom is -0.479 e. The van der Waals surface area contributed by atoms with E-state index < -0.39 is 67.3 Å². The first-order chi connectivity index (χ1) is 38.6. The summed E-state index contributed by atoms with van der Waals surface area (Å²) >= 11 is 0. The SMILES string of the molecule is CC/C=C\C/C=C\C/C=C\CCCCCCCC(=O)OC(COC(=O)CCCCCCCCCCC/C=C\CCCCCCCC)COC1OC(C(=O)O)C(O)C(O)C1OC(=O)CCCCCCC/C=C\C/C=C\CCCCC. The van der Waals surface area contributed by atoms with Crippen LogP contribution < -0.4 is 0 Å². The molecular weight excluding hydrogens is 997 g/mol. The predicted octanol–water partition coefficient (Wildman–Crippen LogP) is 16.9. The Bertz CT molecular complexity index is 1650. The molecule has 1 aliphatic heterocycles. The first kappa shape index (κ1) is 73.2. The Morgan fingerprint density at radius 3 is 1.25 bits per heavy atom. The molecule has 0 aromatic rings. The number of carbonyl (C=O) groups excluding carboxylic acids is 3. The zero-order chi connectivity index (χ0) is 57.5. The van der Waals surface area contributed by atoms with E-state index >= 15 is 0 Å². The fourth-order valence-electron chi connectivity index (χ4n) is 9.35. The molecule has 0 radical (unpaired) electrons. The van der Waals surface area contributed by atoms with Crippen LogP contribution in [-0.4, -0.2) is 89.2 Å². The van der Waals surface area contributed by atoms with Gasteiger partial charge in [0.25, 0.3) is 0 Å². The van der Waals surface area contributed by atoms with Crippen molar-refractivity contribution in [3.8, 4) is 0 Å². The molecule has 12 heteroatoms. The number of carboxylic acids is 1. The molecule has 0 aromatic heterocycles. The molecule has 12 nitrogen and oxygen atoms in total. The number of esters is 3. The average molecular weight is 1110 g/mol. The van der Waals surface area contributed by atoms with E-state index in [1.54, 1.807) is 0 Å². The van der Waals surface area contributed by atoms with E-state index in [0.29, 0.717) is 19.3 Å². The number of carbonyl (C=O) groups is 4. The summed E-state index contributed by atoms with van der Waals surface area (Å²) < 4.78 is 28.5. The molecule has 1 aliphatic rings. The van der Waals surface area contributed by atoms with Crippen molar-refractivity contribution in [2.75, 3.05) is 13.2 Å². The number of aliphatic hydroxyl groups excluding tert-OH is 2. The molecule has 454 valence electrons. The van der Waals surface area contributed by atoms with Crippen molar-refractivity contribution in [2.45, 2.75) is 314 Å². The van der Waals surface area contributed by atoms with Gasteiger partial charge in [0.1, 0.15) is 18.8 Å². The summed E-state index contributed by atoms with van der Waals surface area (Å²) in [5.74, 6) is -3.15. The van der Waals surface area contributed by atoms with Gasteiger partial charge < -0.3 is 39.0 Å². The molecule has 1 heterocycles. The summed E-state index contributed by atoms with van der Waals surface area (Å²) in [7, 11) is 0. The lowest BCUT2D eigenvalue weighted by atomic mass is 9.98. The maximum atomic E-state index is 13.2. The number of ether oxygens (including phenoxy) is 5. The third-order valence-electron chi connectivity index (χ3n) is 14.2. The van der Waals surface area contributed by atoms with Crippen molar-refractivity contribution in [2.24, 2.45) is 0 Å².